The highest BCUT2D eigenvalue weighted by atomic mass is 79.9. The number of amides is 2. The number of hydrogen-bond acceptors (Lipinski definition) is 4. The number of nitrogens with one attached hydrogen (secondary N) is 1. The van der Waals surface area contributed by atoms with Crippen LogP contribution in [-0.4, -0.2) is 26.6 Å². The minimum Gasteiger partial charge on any atom is -0.508 e. The predicted octanol–water partition coefficient (Wildman–Crippen LogP) is 4.09. The quantitative estimate of drug-likeness (QED) is 0.335. The van der Waals surface area contributed by atoms with E-state index in [1.54, 1.807) is 36.4 Å². The second-order valence-corrected chi connectivity index (χ2v) is 8.01. The van der Waals surface area contributed by atoms with Gasteiger partial charge in [0.2, 0.25) is 0 Å². The first-order chi connectivity index (χ1) is 14.3. The molecule has 0 radical (unpaired) electrons. The molecule has 2 N–H and O–H groups in total. The Morgan fingerprint density at radius 2 is 1.83 bits per heavy atom. The highest BCUT2D eigenvalue weighted by Gasteiger charge is 2.35. The third-order valence-corrected chi connectivity index (χ3v) is 5.48. The summed E-state index contributed by atoms with van der Waals surface area (Å²) in [7, 11) is 0. The van der Waals surface area contributed by atoms with Gasteiger partial charge in [-0.15, -0.1) is 0 Å². The minimum absolute atomic E-state index is 0.0235. The number of carbonyl (C=O) groups excluding carboxylic acids is 2. The van der Waals surface area contributed by atoms with Gasteiger partial charge in [-0.05, 0) is 85.4 Å². The van der Waals surface area contributed by atoms with E-state index >= 15 is 0 Å². The van der Waals surface area contributed by atoms with Crippen molar-refractivity contribution in [2.75, 3.05) is 4.90 Å². The molecule has 6 nitrogen and oxygen atoms in total. The molecular formula is C22H16BrN3O3S. The lowest BCUT2D eigenvalue weighted by molar-refractivity contribution is -0.122. The van der Waals surface area contributed by atoms with E-state index in [4.69, 9.17) is 12.2 Å². The summed E-state index contributed by atoms with van der Waals surface area (Å²) < 4.78 is 2.69. The first kappa shape index (κ1) is 20.1. The molecule has 0 bridgehead atoms. The highest BCUT2D eigenvalue weighted by Crippen LogP contribution is 2.28. The lowest BCUT2D eigenvalue weighted by Crippen LogP contribution is -2.54. The second-order valence-electron chi connectivity index (χ2n) is 6.71. The SMILES string of the molecule is Cc1cc(Br)ccc1N1C(=O)C(=Cc2cccn2-c2ccc(O)cc2)C(=O)NC1=S. The van der Waals surface area contributed by atoms with Crippen LogP contribution in [0, 0.1) is 6.92 Å². The Bertz CT molecular complexity index is 1210. The van der Waals surface area contributed by atoms with Gasteiger partial charge in [-0.2, -0.15) is 0 Å². The molecule has 1 saturated heterocycles. The van der Waals surface area contributed by atoms with E-state index in [0.29, 0.717) is 11.4 Å². The number of anilines is 1. The monoisotopic (exact) mass is 481 g/mol. The average Bonchev–Trinajstić information content (AvgIpc) is 3.15. The standard InChI is InChI=1S/C22H16BrN3O3S/c1-13-11-14(23)4-9-19(13)26-21(29)18(20(28)24-22(26)30)12-16-3-2-10-25(16)15-5-7-17(27)8-6-15/h2-12,27H,1H3,(H,24,28,30). The predicted molar refractivity (Wildman–Crippen MR) is 123 cm³/mol. The zero-order chi connectivity index (χ0) is 21.4. The molecule has 30 heavy (non-hydrogen) atoms. The molecular weight excluding hydrogens is 466 g/mol. The number of rotatable bonds is 3. The summed E-state index contributed by atoms with van der Waals surface area (Å²) >= 11 is 8.69. The fourth-order valence-corrected chi connectivity index (χ4v) is 4.00. The lowest BCUT2D eigenvalue weighted by atomic mass is 10.1. The van der Waals surface area contributed by atoms with Crippen LogP contribution in [0.2, 0.25) is 0 Å². The van der Waals surface area contributed by atoms with Crippen molar-refractivity contribution in [3.05, 3.63) is 82.1 Å². The maximum Gasteiger partial charge on any atom is 0.270 e. The number of phenols is 1. The molecule has 8 heteroatoms. The van der Waals surface area contributed by atoms with E-state index in [1.807, 2.05) is 35.9 Å². The van der Waals surface area contributed by atoms with Gasteiger partial charge in [0.1, 0.15) is 11.3 Å². The Kier molecular flexibility index (Phi) is 5.27. The molecule has 150 valence electrons. The van der Waals surface area contributed by atoms with Gasteiger partial charge in [-0.25, -0.2) is 0 Å². The largest absolute Gasteiger partial charge is 0.508 e. The summed E-state index contributed by atoms with van der Waals surface area (Å²) in [4.78, 5) is 27.2. The van der Waals surface area contributed by atoms with Crippen molar-refractivity contribution in [3.63, 3.8) is 0 Å². The number of aromatic nitrogens is 1. The number of aryl methyl sites for hydroxylation is 1. The Morgan fingerprint density at radius 1 is 1.10 bits per heavy atom. The van der Waals surface area contributed by atoms with Crippen molar-refractivity contribution in [2.45, 2.75) is 6.92 Å². The van der Waals surface area contributed by atoms with Gasteiger partial charge in [0.15, 0.2) is 5.11 Å². The topological polar surface area (TPSA) is 74.6 Å². The van der Waals surface area contributed by atoms with Crippen molar-refractivity contribution in [1.29, 1.82) is 0 Å². The van der Waals surface area contributed by atoms with Crippen LogP contribution >= 0.6 is 28.1 Å². The molecule has 1 aliphatic rings. The van der Waals surface area contributed by atoms with Crippen LogP contribution in [0.25, 0.3) is 11.8 Å². The summed E-state index contributed by atoms with van der Waals surface area (Å²) in [5.74, 6) is -0.885. The highest BCUT2D eigenvalue weighted by molar-refractivity contribution is 9.10. The smallest absolute Gasteiger partial charge is 0.270 e. The van der Waals surface area contributed by atoms with E-state index in [1.165, 1.54) is 11.0 Å². The Labute approximate surface area is 186 Å². The number of aromatic hydroxyl groups is 1. The van der Waals surface area contributed by atoms with Gasteiger partial charge in [0.25, 0.3) is 11.8 Å². The summed E-state index contributed by atoms with van der Waals surface area (Å²) in [5, 5.41) is 12.2. The summed E-state index contributed by atoms with van der Waals surface area (Å²) in [6.45, 7) is 1.87. The van der Waals surface area contributed by atoms with Crippen LogP contribution in [-0.2, 0) is 9.59 Å². The molecule has 0 saturated carbocycles. The number of nitrogens with zero attached hydrogens (tertiary/aromatic N) is 2. The molecule has 0 atom stereocenters. The van der Waals surface area contributed by atoms with Gasteiger partial charge in [-0.1, -0.05) is 15.9 Å². The molecule has 1 aromatic heterocycles. The molecule has 3 aromatic rings. The minimum atomic E-state index is -0.547. The Balaban J connectivity index is 1.76. The molecule has 1 fully saturated rings. The van der Waals surface area contributed by atoms with Gasteiger partial charge >= 0.3 is 0 Å². The van der Waals surface area contributed by atoms with E-state index in [2.05, 4.69) is 21.2 Å². The Hall–Kier alpha value is -3.23. The van der Waals surface area contributed by atoms with Crippen LogP contribution in [0.5, 0.6) is 5.75 Å². The third kappa shape index (κ3) is 3.67. The maximum absolute atomic E-state index is 13.3. The van der Waals surface area contributed by atoms with Crippen molar-refractivity contribution in [2.24, 2.45) is 0 Å². The zero-order valence-corrected chi connectivity index (χ0v) is 18.2. The second kappa shape index (κ2) is 7.89. The number of hydrogen-bond donors (Lipinski definition) is 2. The normalized spacial score (nSPS) is 15.6. The van der Waals surface area contributed by atoms with Gasteiger partial charge in [-0.3, -0.25) is 19.8 Å². The van der Waals surface area contributed by atoms with Crippen LogP contribution in [0.4, 0.5) is 5.69 Å². The molecule has 0 aliphatic carbocycles. The molecule has 1 aliphatic heterocycles. The molecule has 0 unspecified atom stereocenters. The van der Waals surface area contributed by atoms with Crippen molar-refractivity contribution in [3.8, 4) is 11.4 Å². The van der Waals surface area contributed by atoms with Crippen molar-refractivity contribution >= 4 is 56.8 Å². The summed E-state index contributed by atoms with van der Waals surface area (Å²) in [6, 6.07) is 15.7. The van der Waals surface area contributed by atoms with Crippen LogP contribution in [0.15, 0.2) is 70.8 Å². The summed E-state index contributed by atoms with van der Waals surface area (Å²) in [6.07, 6.45) is 3.35. The molecule has 2 heterocycles. The fourth-order valence-electron chi connectivity index (χ4n) is 3.25. The van der Waals surface area contributed by atoms with Crippen LogP contribution in [0.3, 0.4) is 0 Å². The lowest BCUT2D eigenvalue weighted by Gasteiger charge is -2.30. The number of phenolic OH excluding ortho intramolecular Hbond substituents is 1. The first-order valence-corrected chi connectivity index (χ1v) is 10.2. The fraction of sp³-hybridized carbons (Fsp3) is 0.0455. The first-order valence-electron chi connectivity index (χ1n) is 8.99. The van der Waals surface area contributed by atoms with E-state index < -0.39 is 11.8 Å². The average molecular weight is 482 g/mol. The van der Waals surface area contributed by atoms with Crippen molar-refractivity contribution in [1.82, 2.24) is 9.88 Å². The number of thiocarbonyl (C=S) groups is 1. The molecule has 0 spiro atoms. The van der Waals surface area contributed by atoms with Crippen LogP contribution in [0.1, 0.15) is 11.3 Å². The molecule has 4 rings (SSSR count). The van der Waals surface area contributed by atoms with E-state index in [-0.39, 0.29) is 16.4 Å². The van der Waals surface area contributed by atoms with Gasteiger partial charge in [0, 0.05) is 22.1 Å². The molecule has 2 amide bonds. The third-order valence-electron chi connectivity index (χ3n) is 4.70. The van der Waals surface area contributed by atoms with Gasteiger partial charge in [0.05, 0.1) is 5.69 Å². The maximum atomic E-state index is 13.3. The van der Waals surface area contributed by atoms with E-state index in [0.717, 1.165) is 15.7 Å². The van der Waals surface area contributed by atoms with Crippen molar-refractivity contribution < 1.29 is 14.7 Å². The van der Waals surface area contributed by atoms with Crippen LogP contribution < -0.4 is 10.2 Å². The van der Waals surface area contributed by atoms with E-state index in [9.17, 15) is 14.7 Å². The zero-order valence-electron chi connectivity index (χ0n) is 15.8. The molecule has 2 aromatic carbocycles. The van der Waals surface area contributed by atoms with Gasteiger partial charge < -0.3 is 9.67 Å². The summed E-state index contributed by atoms with van der Waals surface area (Å²) in [5.41, 5.74) is 2.84. The Morgan fingerprint density at radius 3 is 2.53 bits per heavy atom. The number of halogens is 1. The number of benzene rings is 2. The number of carbonyl (C=O) groups is 2.